The molecule has 0 aromatic carbocycles. The molecule has 6 heteroatoms. The van der Waals surface area contributed by atoms with Gasteiger partial charge in [0.15, 0.2) is 0 Å². The quantitative estimate of drug-likeness (QED) is 0.483. The molecule has 0 aliphatic rings. The van der Waals surface area contributed by atoms with Gasteiger partial charge >= 0.3 is 0 Å². The Kier molecular flexibility index (Phi) is 5.55. The molecule has 0 saturated heterocycles. The van der Waals surface area contributed by atoms with E-state index in [1.807, 2.05) is 30.3 Å². The second-order valence-corrected chi connectivity index (χ2v) is 5.61. The van der Waals surface area contributed by atoms with Crippen molar-refractivity contribution in [3.63, 3.8) is 0 Å². The third-order valence-electron chi connectivity index (χ3n) is 3.84. The molecular formula is C22H15N5O. The van der Waals surface area contributed by atoms with Crippen LogP contribution in [-0.4, -0.2) is 15.7 Å². The van der Waals surface area contributed by atoms with Crippen LogP contribution in [0.4, 0.5) is 0 Å². The van der Waals surface area contributed by atoms with Gasteiger partial charge in [0.1, 0.15) is 29.3 Å². The highest BCUT2D eigenvalue weighted by Crippen LogP contribution is 2.26. The van der Waals surface area contributed by atoms with Gasteiger partial charge in [0, 0.05) is 5.56 Å². The van der Waals surface area contributed by atoms with Gasteiger partial charge in [-0.3, -0.25) is 0 Å². The first-order chi connectivity index (χ1) is 13.7. The first-order valence-electron chi connectivity index (χ1n) is 8.40. The lowest BCUT2D eigenvalue weighted by Gasteiger charge is -2.08. The van der Waals surface area contributed by atoms with Gasteiger partial charge < -0.3 is 4.42 Å². The van der Waals surface area contributed by atoms with Crippen molar-refractivity contribution in [1.82, 2.24) is 9.97 Å². The lowest BCUT2D eigenvalue weighted by atomic mass is 10.1. The fourth-order valence-corrected chi connectivity index (χ4v) is 2.51. The minimum atomic E-state index is 0.256. The maximum Gasteiger partial charge on any atom is 0.141 e. The number of nitrogens with zero attached hydrogens (tertiary/aromatic N) is 5. The van der Waals surface area contributed by atoms with Gasteiger partial charge in [-0.15, -0.1) is 0 Å². The Hall–Kier alpha value is -4.29. The number of rotatable bonds is 5. The molecule has 3 rings (SSSR count). The fourth-order valence-electron chi connectivity index (χ4n) is 2.51. The van der Waals surface area contributed by atoms with Crippen molar-refractivity contribution >= 4 is 5.71 Å². The zero-order chi connectivity index (χ0) is 19.9. The van der Waals surface area contributed by atoms with E-state index in [1.165, 1.54) is 6.08 Å². The van der Waals surface area contributed by atoms with E-state index in [1.54, 1.807) is 43.5 Å². The molecule has 0 amide bonds. The van der Waals surface area contributed by atoms with E-state index >= 15 is 0 Å². The summed E-state index contributed by atoms with van der Waals surface area (Å²) in [6.45, 7) is 5.53. The summed E-state index contributed by atoms with van der Waals surface area (Å²) >= 11 is 0. The number of furan rings is 1. The SMILES string of the molecule is C=CC(=N/C(C#N)=C\C)c1cc(-c2ccco2)cc(-c2cccc(C#N)n2)n1. The van der Waals surface area contributed by atoms with Crippen molar-refractivity contribution in [3.8, 4) is 34.8 Å². The number of aromatic nitrogens is 2. The summed E-state index contributed by atoms with van der Waals surface area (Å²) in [4.78, 5) is 13.3. The van der Waals surface area contributed by atoms with Crippen LogP contribution in [0.3, 0.4) is 0 Å². The molecule has 0 N–H and O–H groups in total. The van der Waals surface area contributed by atoms with Crippen LogP contribution in [0.15, 0.2) is 82.6 Å². The van der Waals surface area contributed by atoms with Crippen LogP contribution in [0.5, 0.6) is 0 Å². The molecule has 0 aliphatic heterocycles. The van der Waals surface area contributed by atoms with Gasteiger partial charge in [-0.25, -0.2) is 15.0 Å². The number of hydrogen-bond acceptors (Lipinski definition) is 6. The van der Waals surface area contributed by atoms with E-state index in [0.717, 1.165) is 5.56 Å². The average molecular weight is 365 g/mol. The first-order valence-corrected chi connectivity index (χ1v) is 8.40. The van der Waals surface area contributed by atoms with Crippen molar-refractivity contribution in [1.29, 1.82) is 10.5 Å². The zero-order valence-corrected chi connectivity index (χ0v) is 15.1. The lowest BCUT2D eigenvalue weighted by molar-refractivity contribution is 0.582. The van der Waals surface area contributed by atoms with Crippen LogP contribution < -0.4 is 0 Å². The number of hydrogen-bond donors (Lipinski definition) is 0. The third kappa shape index (κ3) is 3.92. The van der Waals surface area contributed by atoms with Gasteiger partial charge in [0.25, 0.3) is 0 Å². The lowest BCUT2D eigenvalue weighted by Crippen LogP contribution is -2.03. The highest BCUT2D eigenvalue weighted by molar-refractivity contribution is 6.08. The van der Waals surface area contributed by atoms with E-state index in [9.17, 15) is 5.26 Å². The van der Waals surface area contributed by atoms with Crippen LogP contribution in [0.1, 0.15) is 18.3 Å². The normalized spacial score (nSPS) is 11.5. The molecule has 0 atom stereocenters. The van der Waals surface area contributed by atoms with Gasteiger partial charge in [-0.05, 0) is 49.4 Å². The second kappa shape index (κ2) is 8.39. The summed E-state index contributed by atoms with van der Waals surface area (Å²) in [7, 11) is 0. The Morgan fingerprint density at radius 3 is 2.64 bits per heavy atom. The average Bonchev–Trinajstić information content (AvgIpc) is 3.29. The molecule has 134 valence electrons. The van der Waals surface area contributed by atoms with Crippen molar-refractivity contribution in [2.75, 3.05) is 0 Å². The van der Waals surface area contributed by atoms with Crippen LogP contribution in [0.2, 0.25) is 0 Å². The molecule has 0 spiro atoms. The van der Waals surface area contributed by atoms with E-state index in [-0.39, 0.29) is 5.70 Å². The molecule has 0 unspecified atom stereocenters. The maximum atomic E-state index is 9.18. The van der Waals surface area contributed by atoms with Crippen LogP contribution in [0.25, 0.3) is 22.7 Å². The summed E-state index contributed by atoms with van der Waals surface area (Å²) in [5.74, 6) is 0.649. The topological polar surface area (TPSA) is 98.9 Å². The standard InChI is InChI=1S/C22H15N5O/c1-3-16(13-23)25-18(4-2)20-11-15(22-9-6-10-28-22)12-21(27-20)19-8-5-7-17(14-24)26-19/h3-12H,2H2,1H3/b16-3-,25-18?. The van der Waals surface area contributed by atoms with Crippen molar-refractivity contribution < 1.29 is 4.42 Å². The van der Waals surface area contributed by atoms with Crippen LogP contribution in [0, 0.1) is 22.7 Å². The summed E-state index contributed by atoms with van der Waals surface area (Å²) in [5.41, 5.74) is 3.37. The van der Waals surface area contributed by atoms with E-state index in [4.69, 9.17) is 9.68 Å². The fraction of sp³-hybridized carbons (Fsp3) is 0.0455. The zero-order valence-electron chi connectivity index (χ0n) is 15.1. The molecule has 3 heterocycles. The van der Waals surface area contributed by atoms with Gasteiger partial charge in [-0.2, -0.15) is 10.5 Å². The Morgan fingerprint density at radius 1 is 1.14 bits per heavy atom. The summed E-state index contributed by atoms with van der Waals surface area (Å²) in [5, 5.41) is 18.3. The van der Waals surface area contributed by atoms with Crippen molar-refractivity contribution in [2.45, 2.75) is 6.92 Å². The summed E-state index contributed by atoms with van der Waals surface area (Å²) in [6, 6.07) is 16.5. The molecule has 6 nitrogen and oxygen atoms in total. The van der Waals surface area contributed by atoms with Gasteiger partial charge in [-0.1, -0.05) is 18.7 Å². The first kappa shape index (κ1) is 18.5. The number of allylic oxidation sites excluding steroid dienone is 3. The molecule has 0 radical (unpaired) electrons. The predicted octanol–water partition coefficient (Wildman–Crippen LogP) is 4.68. The van der Waals surface area contributed by atoms with Gasteiger partial charge in [0.2, 0.25) is 0 Å². The smallest absolute Gasteiger partial charge is 0.141 e. The molecule has 0 saturated carbocycles. The third-order valence-corrected chi connectivity index (χ3v) is 3.84. The molecular weight excluding hydrogens is 350 g/mol. The second-order valence-electron chi connectivity index (χ2n) is 5.61. The Morgan fingerprint density at radius 2 is 2.00 bits per heavy atom. The summed E-state index contributed by atoms with van der Waals surface area (Å²) in [6.07, 6.45) is 4.73. The molecule has 0 bridgehead atoms. The Balaban J connectivity index is 2.23. The Labute approximate surface area is 162 Å². The summed E-state index contributed by atoms with van der Waals surface area (Å²) < 4.78 is 5.52. The molecule has 3 aromatic heterocycles. The number of nitriles is 2. The van der Waals surface area contributed by atoms with E-state index in [0.29, 0.717) is 34.2 Å². The maximum absolute atomic E-state index is 9.18. The molecule has 0 aliphatic carbocycles. The highest BCUT2D eigenvalue weighted by atomic mass is 16.3. The number of pyridine rings is 2. The number of aliphatic imine (C=N–C) groups is 1. The predicted molar refractivity (Wildman–Crippen MR) is 106 cm³/mol. The molecule has 0 fully saturated rings. The molecule has 3 aromatic rings. The largest absolute Gasteiger partial charge is 0.464 e. The van der Waals surface area contributed by atoms with Crippen LogP contribution >= 0.6 is 0 Å². The van der Waals surface area contributed by atoms with E-state index < -0.39 is 0 Å². The van der Waals surface area contributed by atoms with Crippen molar-refractivity contribution in [2.24, 2.45) is 4.99 Å². The van der Waals surface area contributed by atoms with Crippen molar-refractivity contribution in [3.05, 3.63) is 84.5 Å². The van der Waals surface area contributed by atoms with E-state index in [2.05, 4.69) is 21.5 Å². The van der Waals surface area contributed by atoms with Crippen LogP contribution in [-0.2, 0) is 0 Å². The van der Waals surface area contributed by atoms with Gasteiger partial charge in [0.05, 0.1) is 29.1 Å². The monoisotopic (exact) mass is 365 g/mol. The Bertz CT molecular complexity index is 1160. The minimum Gasteiger partial charge on any atom is -0.464 e. The highest BCUT2D eigenvalue weighted by Gasteiger charge is 2.13. The minimum absolute atomic E-state index is 0.256. The molecule has 28 heavy (non-hydrogen) atoms.